The van der Waals surface area contributed by atoms with E-state index in [1.807, 2.05) is 12.1 Å². The van der Waals surface area contributed by atoms with E-state index in [2.05, 4.69) is 12.1 Å². The average molecular weight is 183 g/mol. The summed E-state index contributed by atoms with van der Waals surface area (Å²) < 4.78 is 0. The Hall–Kier alpha value is -0.520. The maximum atomic E-state index is 6.08. The number of benzene rings is 1. The summed E-state index contributed by atoms with van der Waals surface area (Å²) in [4.78, 5) is 0. The zero-order valence-electron chi connectivity index (χ0n) is 8.48. The summed E-state index contributed by atoms with van der Waals surface area (Å²) in [5.74, 6) is 0.183. The third-order valence-corrected chi connectivity index (χ3v) is 4.12. The molecule has 4 heteroatoms. The summed E-state index contributed by atoms with van der Waals surface area (Å²) in [6.45, 7) is 0. The molecule has 64 valence electrons. The van der Waals surface area contributed by atoms with Crippen molar-refractivity contribution in [3.63, 3.8) is 0 Å². The maximum absolute atomic E-state index is 6.08. The van der Waals surface area contributed by atoms with Gasteiger partial charge in [-0.3, -0.25) is 0 Å². The Balaban J connectivity index is 2.23. The molecule has 1 aromatic rings. The van der Waals surface area contributed by atoms with Gasteiger partial charge in [-0.05, 0) is 29.4 Å². The molecule has 0 spiro atoms. The predicted molar refractivity (Wildman–Crippen MR) is 64.9 cm³/mol. The SMILES string of the molecule is [B]C1([B])C2CC(c3ccccc32)C1([B])[B]. The van der Waals surface area contributed by atoms with E-state index < -0.39 is 10.4 Å². The molecule has 0 N–H and O–H groups in total. The molecule has 0 nitrogen and oxygen atoms in total. The first kappa shape index (κ1) is 9.69. The maximum Gasteiger partial charge on any atom is 0.0616 e. The lowest BCUT2D eigenvalue weighted by Crippen LogP contribution is -2.36. The first-order valence-electron chi connectivity index (χ1n) is 5.20. The molecule has 1 fully saturated rings. The molecule has 3 rings (SSSR count). The lowest BCUT2D eigenvalue weighted by Gasteiger charge is -2.48. The van der Waals surface area contributed by atoms with Crippen LogP contribution in [0.5, 0.6) is 0 Å². The van der Waals surface area contributed by atoms with Gasteiger partial charge in [0.25, 0.3) is 0 Å². The van der Waals surface area contributed by atoms with Crippen molar-refractivity contribution in [2.24, 2.45) is 0 Å². The molecule has 2 aliphatic carbocycles. The van der Waals surface area contributed by atoms with Gasteiger partial charge in [-0.2, -0.15) is 0 Å². The Morgan fingerprint density at radius 2 is 1.27 bits per heavy atom. The van der Waals surface area contributed by atoms with E-state index >= 15 is 0 Å². The van der Waals surface area contributed by atoms with Crippen LogP contribution in [0.1, 0.15) is 29.4 Å². The molecule has 0 saturated heterocycles. The lowest BCUT2D eigenvalue weighted by molar-refractivity contribution is 0.605. The van der Waals surface area contributed by atoms with E-state index in [1.165, 1.54) is 11.1 Å². The van der Waals surface area contributed by atoms with Gasteiger partial charge >= 0.3 is 0 Å². The summed E-state index contributed by atoms with van der Waals surface area (Å²) >= 11 is 0. The van der Waals surface area contributed by atoms with Crippen molar-refractivity contribution in [2.75, 3.05) is 0 Å². The lowest BCUT2D eigenvalue weighted by atomic mass is 9.26. The molecule has 1 saturated carbocycles. The van der Waals surface area contributed by atoms with Crippen LogP contribution >= 0.6 is 0 Å². The smallest absolute Gasteiger partial charge is 0.0616 e. The Morgan fingerprint density at radius 1 is 0.867 bits per heavy atom. The van der Waals surface area contributed by atoms with Gasteiger partial charge in [0.1, 0.15) is 0 Å². The number of hydrogen-bond acceptors (Lipinski definition) is 0. The minimum absolute atomic E-state index is 0.0914. The fraction of sp³-hybridized carbons (Fsp3) is 0.455. The largest absolute Gasteiger partial charge is 0.101 e. The van der Waals surface area contributed by atoms with Gasteiger partial charge < -0.3 is 0 Å². The third-order valence-electron chi connectivity index (χ3n) is 4.12. The molecular weight excluding hydrogens is 175 g/mol. The summed E-state index contributed by atoms with van der Waals surface area (Å²) in [6, 6.07) is 8.15. The Morgan fingerprint density at radius 3 is 1.67 bits per heavy atom. The summed E-state index contributed by atoms with van der Waals surface area (Å²) in [6.07, 6.45) is 0.874. The van der Waals surface area contributed by atoms with Crippen LogP contribution in [0.2, 0.25) is 10.4 Å². The Kier molecular flexibility index (Phi) is 1.67. The fourth-order valence-corrected chi connectivity index (χ4v) is 3.14. The second-order valence-electron chi connectivity index (χ2n) is 4.84. The predicted octanol–water partition coefficient (Wildman–Crippen LogP) is 1.18. The minimum Gasteiger partial charge on any atom is -0.101 e. The van der Waals surface area contributed by atoms with E-state index in [9.17, 15) is 0 Å². The van der Waals surface area contributed by atoms with Crippen molar-refractivity contribution in [2.45, 2.75) is 28.7 Å². The summed E-state index contributed by atoms with van der Waals surface area (Å²) in [5.41, 5.74) is 2.44. The van der Waals surface area contributed by atoms with Gasteiger partial charge in [0.2, 0.25) is 0 Å². The highest BCUT2D eigenvalue weighted by Gasteiger charge is 2.57. The molecule has 0 amide bonds. The third kappa shape index (κ3) is 0.940. The highest BCUT2D eigenvalue weighted by Crippen LogP contribution is 2.73. The van der Waals surface area contributed by atoms with Crippen molar-refractivity contribution in [3.8, 4) is 0 Å². The normalized spacial score (nSPS) is 33.9. The second-order valence-corrected chi connectivity index (χ2v) is 4.84. The topological polar surface area (TPSA) is 0 Å². The van der Waals surface area contributed by atoms with Gasteiger partial charge in [-0.1, -0.05) is 24.3 Å². The van der Waals surface area contributed by atoms with E-state index in [4.69, 9.17) is 31.4 Å². The molecule has 2 atom stereocenters. The van der Waals surface area contributed by atoms with Gasteiger partial charge in [-0.15, -0.1) is 10.4 Å². The molecule has 2 unspecified atom stereocenters. The summed E-state index contributed by atoms with van der Waals surface area (Å²) in [5, 5.41) is -1.99. The number of rotatable bonds is 0. The van der Waals surface area contributed by atoms with Crippen molar-refractivity contribution in [1.29, 1.82) is 0 Å². The zero-order valence-corrected chi connectivity index (χ0v) is 8.48. The molecule has 2 bridgehead atoms. The van der Waals surface area contributed by atoms with Crippen molar-refractivity contribution < 1.29 is 0 Å². The zero-order chi connectivity index (χ0) is 10.8. The second kappa shape index (κ2) is 2.59. The molecular formula is C11H8B4. The van der Waals surface area contributed by atoms with E-state index in [1.54, 1.807) is 0 Å². The molecule has 1 aromatic carbocycles. The molecule has 8 radical (unpaired) electrons. The highest BCUT2D eigenvalue weighted by molar-refractivity contribution is 6.55. The Labute approximate surface area is 95.9 Å². The molecule has 0 aliphatic heterocycles. The highest BCUT2D eigenvalue weighted by atomic mass is 14.5. The van der Waals surface area contributed by atoms with Crippen molar-refractivity contribution in [3.05, 3.63) is 35.4 Å². The first-order valence-corrected chi connectivity index (χ1v) is 5.20. The van der Waals surface area contributed by atoms with Crippen LogP contribution in [0.3, 0.4) is 0 Å². The standard InChI is InChI=1S/C11H8B4/c12-10(13)8-5-9(11(10,14)15)7-4-2-1-3-6(7)8/h1-4,8-9H,5H2. The van der Waals surface area contributed by atoms with E-state index in [-0.39, 0.29) is 11.8 Å². The monoisotopic (exact) mass is 184 g/mol. The van der Waals surface area contributed by atoms with Crippen molar-refractivity contribution >= 4 is 31.4 Å². The molecule has 2 aliphatic rings. The molecule has 0 heterocycles. The van der Waals surface area contributed by atoms with Crippen LogP contribution in [0.15, 0.2) is 24.3 Å². The quantitative estimate of drug-likeness (QED) is 0.530. The van der Waals surface area contributed by atoms with Crippen LogP contribution in [0, 0.1) is 0 Å². The van der Waals surface area contributed by atoms with Gasteiger partial charge in [0.05, 0.1) is 31.4 Å². The molecule has 15 heavy (non-hydrogen) atoms. The van der Waals surface area contributed by atoms with E-state index in [0.717, 1.165) is 6.42 Å². The molecule has 0 aromatic heterocycles. The number of hydrogen-bond donors (Lipinski definition) is 0. The van der Waals surface area contributed by atoms with Crippen molar-refractivity contribution in [1.82, 2.24) is 0 Å². The van der Waals surface area contributed by atoms with Crippen LogP contribution < -0.4 is 0 Å². The van der Waals surface area contributed by atoms with E-state index in [0.29, 0.717) is 0 Å². The summed E-state index contributed by atoms with van der Waals surface area (Å²) in [7, 11) is 24.3. The fourth-order valence-electron chi connectivity index (χ4n) is 3.14. The Bertz CT molecular complexity index is 385. The van der Waals surface area contributed by atoms with Gasteiger partial charge in [0, 0.05) is 0 Å². The van der Waals surface area contributed by atoms with Gasteiger partial charge in [-0.25, -0.2) is 0 Å². The number of fused-ring (bicyclic) bond motifs is 5. The average Bonchev–Trinajstić information content (AvgIpc) is 2.63. The minimum atomic E-state index is -0.994. The van der Waals surface area contributed by atoms with Crippen LogP contribution in [-0.4, -0.2) is 31.4 Å². The first-order chi connectivity index (χ1) is 6.96. The van der Waals surface area contributed by atoms with Crippen LogP contribution in [0.25, 0.3) is 0 Å². The van der Waals surface area contributed by atoms with Crippen LogP contribution in [-0.2, 0) is 0 Å². The van der Waals surface area contributed by atoms with Crippen LogP contribution in [0.4, 0.5) is 0 Å². The van der Waals surface area contributed by atoms with Gasteiger partial charge in [0.15, 0.2) is 0 Å².